The molecule has 2 amide bonds. The topological polar surface area (TPSA) is 80.1 Å². The molecule has 4 rings (SSSR count). The van der Waals surface area contributed by atoms with Gasteiger partial charge in [-0.15, -0.1) is 10.2 Å². The molecule has 1 aromatic heterocycles. The van der Waals surface area contributed by atoms with Crippen LogP contribution in [-0.2, 0) is 18.4 Å². The molecule has 0 atom stereocenters. The maximum atomic E-state index is 12.5. The normalized spacial score (nSPS) is 12.9. The number of aromatic nitrogens is 3. The lowest BCUT2D eigenvalue weighted by Gasteiger charge is -2.16. The first-order valence-electron chi connectivity index (χ1n) is 9.15. The van der Waals surface area contributed by atoms with E-state index in [0.717, 1.165) is 33.8 Å². The number of anilines is 1. The maximum Gasteiger partial charge on any atom is 0.254 e. The van der Waals surface area contributed by atoms with Gasteiger partial charge in [0.25, 0.3) is 5.91 Å². The molecule has 1 aliphatic heterocycles. The summed E-state index contributed by atoms with van der Waals surface area (Å²) in [4.78, 5) is 26.6. The van der Waals surface area contributed by atoms with Gasteiger partial charge in [0.1, 0.15) is 6.33 Å². The lowest BCUT2D eigenvalue weighted by Crippen LogP contribution is -2.28. The third kappa shape index (κ3) is 3.26. The summed E-state index contributed by atoms with van der Waals surface area (Å²) in [5.41, 5.74) is 4.33. The van der Waals surface area contributed by atoms with Gasteiger partial charge in [0.2, 0.25) is 5.91 Å². The van der Waals surface area contributed by atoms with Crippen molar-refractivity contribution in [1.29, 1.82) is 0 Å². The SMILES string of the molecule is Cc1c(NC(=O)CCN2Cc3ccccc3C2=O)cccc1-c1nncn1C. The largest absolute Gasteiger partial charge is 0.334 e. The number of aryl methyl sites for hydroxylation is 1. The van der Waals surface area contributed by atoms with E-state index in [1.165, 1.54) is 0 Å². The van der Waals surface area contributed by atoms with Crippen LogP contribution in [0, 0.1) is 6.92 Å². The van der Waals surface area contributed by atoms with E-state index < -0.39 is 0 Å². The number of nitrogens with one attached hydrogen (secondary N) is 1. The van der Waals surface area contributed by atoms with Gasteiger partial charge in [0, 0.05) is 43.4 Å². The van der Waals surface area contributed by atoms with Gasteiger partial charge in [-0.3, -0.25) is 9.59 Å². The number of amides is 2. The number of benzene rings is 2. The molecule has 0 aliphatic carbocycles. The molecule has 3 aromatic rings. The van der Waals surface area contributed by atoms with Crippen molar-refractivity contribution in [3.8, 4) is 11.4 Å². The number of rotatable bonds is 5. The van der Waals surface area contributed by atoms with Crippen LogP contribution < -0.4 is 5.32 Å². The van der Waals surface area contributed by atoms with Crippen molar-refractivity contribution in [2.75, 3.05) is 11.9 Å². The molecule has 0 saturated heterocycles. The Kier molecular flexibility index (Phi) is 4.65. The van der Waals surface area contributed by atoms with E-state index in [4.69, 9.17) is 0 Å². The summed E-state index contributed by atoms with van der Waals surface area (Å²) >= 11 is 0. The van der Waals surface area contributed by atoms with Crippen molar-refractivity contribution in [3.05, 3.63) is 65.5 Å². The standard InChI is InChI=1S/C21H21N5O2/c1-14-16(20-24-22-13-25(20)2)8-5-9-18(14)23-19(27)10-11-26-12-15-6-3-4-7-17(15)21(26)28/h3-9,13H,10-12H2,1-2H3,(H,23,27). The number of hydrogen-bond acceptors (Lipinski definition) is 4. The molecule has 0 radical (unpaired) electrons. The molecule has 7 nitrogen and oxygen atoms in total. The van der Waals surface area contributed by atoms with E-state index in [2.05, 4.69) is 15.5 Å². The van der Waals surface area contributed by atoms with Gasteiger partial charge < -0.3 is 14.8 Å². The van der Waals surface area contributed by atoms with Gasteiger partial charge in [0.15, 0.2) is 5.82 Å². The Balaban J connectivity index is 1.41. The van der Waals surface area contributed by atoms with Gasteiger partial charge >= 0.3 is 0 Å². The molecule has 28 heavy (non-hydrogen) atoms. The zero-order valence-corrected chi connectivity index (χ0v) is 15.8. The molecule has 142 valence electrons. The zero-order chi connectivity index (χ0) is 19.7. The van der Waals surface area contributed by atoms with Gasteiger partial charge in [-0.2, -0.15) is 0 Å². The lowest BCUT2D eigenvalue weighted by atomic mass is 10.1. The highest BCUT2D eigenvalue weighted by Gasteiger charge is 2.26. The van der Waals surface area contributed by atoms with Crippen LogP contribution in [0.3, 0.4) is 0 Å². The minimum Gasteiger partial charge on any atom is -0.334 e. The van der Waals surface area contributed by atoms with E-state index in [9.17, 15) is 9.59 Å². The summed E-state index contributed by atoms with van der Waals surface area (Å²) in [6, 6.07) is 13.3. The predicted molar refractivity (Wildman–Crippen MR) is 106 cm³/mol. The van der Waals surface area contributed by atoms with Crippen molar-refractivity contribution in [1.82, 2.24) is 19.7 Å². The highest BCUT2D eigenvalue weighted by molar-refractivity contribution is 5.99. The fraction of sp³-hybridized carbons (Fsp3) is 0.238. The number of fused-ring (bicyclic) bond motifs is 1. The Morgan fingerprint density at radius 1 is 1.14 bits per heavy atom. The molecule has 0 bridgehead atoms. The minimum atomic E-state index is -0.123. The van der Waals surface area contributed by atoms with E-state index >= 15 is 0 Å². The van der Waals surface area contributed by atoms with Crippen LogP contribution in [0.2, 0.25) is 0 Å². The molecule has 2 aromatic carbocycles. The molecule has 0 fully saturated rings. The monoisotopic (exact) mass is 375 g/mol. The Labute approximate surface area is 163 Å². The summed E-state index contributed by atoms with van der Waals surface area (Å²) < 4.78 is 1.84. The second-order valence-electron chi connectivity index (χ2n) is 6.93. The fourth-order valence-corrected chi connectivity index (χ4v) is 3.48. The van der Waals surface area contributed by atoms with Gasteiger partial charge in [-0.05, 0) is 30.2 Å². The summed E-state index contributed by atoms with van der Waals surface area (Å²) in [5.74, 6) is 0.611. The molecule has 0 unspecified atom stereocenters. The maximum absolute atomic E-state index is 12.5. The van der Waals surface area contributed by atoms with E-state index in [1.807, 2.05) is 61.0 Å². The molecule has 1 aliphatic rings. The van der Waals surface area contributed by atoms with Crippen molar-refractivity contribution in [2.24, 2.45) is 7.05 Å². The van der Waals surface area contributed by atoms with Gasteiger partial charge in [0.05, 0.1) is 0 Å². The summed E-state index contributed by atoms with van der Waals surface area (Å²) in [5, 5.41) is 11.0. The Morgan fingerprint density at radius 3 is 2.68 bits per heavy atom. The Morgan fingerprint density at radius 2 is 1.93 bits per heavy atom. The highest BCUT2D eigenvalue weighted by Crippen LogP contribution is 2.27. The summed E-state index contributed by atoms with van der Waals surface area (Å²) in [7, 11) is 1.88. The van der Waals surface area contributed by atoms with E-state index in [1.54, 1.807) is 11.2 Å². The first-order chi connectivity index (χ1) is 13.5. The Bertz CT molecular complexity index is 1060. The fourth-order valence-electron chi connectivity index (χ4n) is 3.48. The van der Waals surface area contributed by atoms with E-state index in [0.29, 0.717) is 13.1 Å². The first kappa shape index (κ1) is 17.9. The molecule has 2 heterocycles. The highest BCUT2D eigenvalue weighted by atomic mass is 16.2. The summed E-state index contributed by atoms with van der Waals surface area (Å²) in [6.45, 7) is 2.89. The van der Waals surface area contributed by atoms with Crippen LogP contribution in [0.15, 0.2) is 48.8 Å². The second-order valence-corrected chi connectivity index (χ2v) is 6.93. The lowest BCUT2D eigenvalue weighted by molar-refractivity contribution is -0.116. The number of nitrogens with zero attached hydrogens (tertiary/aromatic N) is 4. The summed E-state index contributed by atoms with van der Waals surface area (Å²) in [6.07, 6.45) is 1.89. The van der Waals surface area contributed by atoms with Crippen LogP contribution in [0.5, 0.6) is 0 Å². The second kappa shape index (κ2) is 7.26. The van der Waals surface area contributed by atoms with Crippen molar-refractivity contribution >= 4 is 17.5 Å². The van der Waals surface area contributed by atoms with Crippen LogP contribution in [0.4, 0.5) is 5.69 Å². The average Bonchev–Trinajstić information content (AvgIpc) is 3.25. The van der Waals surface area contributed by atoms with Crippen molar-refractivity contribution < 1.29 is 9.59 Å². The van der Waals surface area contributed by atoms with E-state index in [-0.39, 0.29) is 18.2 Å². The molecule has 0 saturated carbocycles. The zero-order valence-electron chi connectivity index (χ0n) is 15.8. The van der Waals surface area contributed by atoms with Crippen LogP contribution in [0.1, 0.15) is 27.9 Å². The molecular formula is C21H21N5O2. The molecular weight excluding hydrogens is 354 g/mol. The van der Waals surface area contributed by atoms with Crippen molar-refractivity contribution in [2.45, 2.75) is 19.9 Å². The smallest absolute Gasteiger partial charge is 0.254 e. The van der Waals surface area contributed by atoms with Crippen LogP contribution >= 0.6 is 0 Å². The van der Waals surface area contributed by atoms with Crippen LogP contribution in [0.25, 0.3) is 11.4 Å². The minimum absolute atomic E-state index is 0.0103. The van der Waals surface area contributed by atoms with Gasteiger partial charge in [-0.25, -0.2) is 0 Å². The van der Waals surface area contributed by atoms with Crippen LogP contribution in [-0.4, -0.2) is 38.0 Å². The molecule has 7 heteroatoms. The molecule has 0 spiro atoms. The number of hydrogen-bond donors (Lipinski definition) is 1. The first-order valence-corrected chi connectivity index (χ1v) is 9.15. The quantitative estimate of drug-likeness (QED) is 0.744. The average molecular weight is 375 g/mol. The Hall–Kier alpha value is -3.48. The third-order valence-electron chi connectivity index (χ3n) is 5.07. The third-order valence-corrected chi connectivity index (χ3v) is 5.07. The van der Waals surface area contributed by atoms with Gasteiger partial charge in [-0.1, -0.05) is 30.3 Å². The van der Waals surface area contributed by atoms with Crippen molar-refractivity contribution in [3.63, 3.8) is 0 Å². The number of carbonyl (C=O) groups is 2. The predicted octanol–water partition coefficient (Wildman–Crippen LogP) is 2.78. The molecule has 1 N–H and O–H groups in total. The number of carbonyl (C=O) groups excluding carboxylic acids is 2.